The first-order valence-corrected chi connectivity index (χ1v) is 9.82. The van der Waals surface area contributed by atoms with Crippen LogP contribution in [-0.2, 0) is 7.05 Å². The van der Waals surface area contributed by atoms with Gasteiger partial charge in [-0.2, -0.15) is 5.10 Å². The smallest absolute Gasteiger partial charge is 0.254 e. The Bertz CT molecular complexity index is 1020. The van der Waals surface area contributed by atoms with Crippen LogP contribution in [0.3, 0.4) is 0 Å². The number of aromatic nitrogens is 3. The molecular formula is C22H27N5O. The molecule has 0 saturated carbocycles. The Morgan fingerprint density at radius 3 is 2.75 bits per heavy atom. The number of amides is 1. The van der Waals surface area contributed by atoms with E-state index in [4.69, 9.17) is 4.98 Å². The van der Waals surface area contributed by atoms with E-state index >= 15 is 0 Å². The van der Waals surface area contributed by atoms with E-state index < -0.39 is 0 Å². The number of aryl methyl sites for hydroxylation is 2. The van der Waals surface area contributed by atoms with Crippen LogP contribution in [0.1, 0.15) is 29.3 Å². The summed E-state index contributed by atoms with van der Waals surface area (Å²) in [5.41, 5.74) is 4.41. The summed E-state index contributed by atoms with van der Waals surface area (Å²) >= 11 is 0. The number of likely N-dealkylation sites (N-methyl/N-ethyl adjacent to an activating group) is 1. The molecule has 1 atom stereocenters. The number of carbonyl (C=O) groups is 1. The molecule has 3 aromatic rings. The minimum absolute atomic E-state index is 0.0872. The predicted molar refractivity (Wildman–Crippen MR) is 111 cm³/mol. The van der Waals surface area contributed by atoms with Gasteiger partial charge in [-0.1, -0.05) is 12.1 Å². The summed E-state index contributed by atoms with van der Waals surface area (Å²) in [6, 6.07) is 8.22. The fraction of sp³-hybridized carbons (Fsp3) is 0.409. The maximum Gasteiger partial charge on any atom is 0.254 e. The quantitative estimate of drug-likeness (QED) is 0.689. The lowest BCUT2D eigenvalue weighted by atomic mass is 10.0. The molecule has 0 unspecified atom stereocenters. The van der Waals surface area contributed by atoms with E-state index in [1.807, 2.05) is 49.3 Å². The molecule has 2 aromatic heterocycles. The highest BCUT2D eigenvalue weighted by atomic mass is 16.2. The largest absolute Gasteiger partial charge is 0.335 e. The van der Waals surface area contributed by atoms with Crippen molar-refractivity contribution in [3.8, 4) is 11.3 Å². The first-order valence-electron chi connectivity index (χ1n) is 9.82. The molecule has 6 nitrogen and oxygen atoms in total. The van der Waals surface area contributed by atoms with Gasteiger partial charge in [0.2, 0.25) is 0 Å². The second-order valence-electron chi connectivity index (χ2n) is 7.94. The molecule has 1 aliphatic rings. The fourth-order valence-corrected chi connectivity index (χ4v) is 4.05. The molecule has 6 heteroatoms. The zero-order valence-corrected chi connectivity index (χ0v) is 17.0. The van der Waals surface area contributed by atoms with E-state index in [1.54, 1.807) is 10.9 Å². The van der Waals surface area contributed by atoms with Crippen LogP contribution in [-0.4, -0.2) is 63.2 Å². The van der Waals surface area contributed by atoms with Gasteiger partial charge < -0.3 is 9.80 Å². The summed E-state index contributed by atoms with van der Waals surface area (Å²) in [4.78, 5) is 22.8. The van der Waals surface area contributed by atoms with Gasteiger partial charge in [-0.15, -0.1) is 0 Å². The van der Waals surface area contributed by atoms with E-state index in [9.17, 15) is 4.79 Å². The van der Waals surface area contributed by atoms with Crippen LogP contribution >= 0.6 is 0 Å². The number of fused-ring (bicyclic) bond motifs is 1. The monoisotopic (exact) mass is 377 g/mol. The lowest BCUT2D eigenvalue weighted by molar-refractivity contribution is 0.0698. The van der Waals surface area contributed by atoms with Crippen molar-refractivity contribution in [2.75, 3.05) is 26.7 Å². The SMILES string of the molecule is Cc1ccc2c(C(=O)N3CCCN(C)C[C@H]3C)cc(-c3cnn(C)c3)nc2c1. The van der Waals surface area contributed by atoms with Crippen molar-refractivity contribution in [2.45, 2.75) is 26.3 Å². The van der Waals surface area contributed by atoms with Gasteiger partial charge in [0.05, 0.1) is 23.0 Å². The average molecular weight is 377 g/mol. The van der Waals surface area contributed by atoms with Crippen LogP contribution in [0, 0.1) is 6.92 Å². The first-order chi connectivity index (χ1) is 13.4. The minimum Gasteiger partial charge on any atom is -0.335 e. The first kappa shape index (κ1) is 18.6. The van der Waals surface area contributed by atoms with E-state index in [2.05, 4.69) is 24.0 Å². The summed E-state index contributed by atoms with van der Waals surface area (Å²) in [5, 5.41) is 5.17. The summed E-state index contributed by atoms with van der Waals surface area (Å²) < 4.78 is 1.76. The van der Waals surface area contributed by atoms with Gasteiger partial charge in [0.15, 0.2) is 0 Å². The summed E-state index contributed by atoms with van der Waals surface area (Å²) in [6.07, 6.45) is 4.72. The topological polar surface area (TPSA) is 54.3 Å². The Balaban J connectivity index is 1.83. The fourth-order valence-electron chi connectivity index (χ4n) is 4.05. The van der Waals surface area contributed by atoms with Crippen molar-refractivity contribution in [2.24, 2.45) is 7.05 Å². The number of pyridine rings is 1. The summed E-state index contributed by atoms with van der Waals surface area (Å²) in [5.74, 6) is 0.0872. The Morgan fingerprint density at radius 2 is 2.00 bits per heavy atom. The lowest BCUT2D eigenvalue weighted by Crippen LogP contribution is -2.42. The van der Waals surface area contributed by atoms with Gasteiger partial charge in [0.1, 0.15) is 0 Å². The zero-order valence-electron chi connectivity index (χ0n) is 17.0. The van der Waals surface area contributed by atoms with Gasteiger partial charge in [-0.05, 0) is 51.6 Å². The number of hydrogen-bond acceptors (Lipinski definition) is 4. The summed E-state index contributed by atoms with van der Waals surface area (Å²) in [6.45, 7) is 6.87. The molecule has 0 bridgehead atoms. The molecule has 146 valence electrons. The van der Waals surface area contributed by atoms with E-state index in [-0.39, 0.29) is 11.9 Å². The van der Waals surface area contributed by atoms with Crippen molar-refractivity contribution in [3.05, 3.63) is 47.8 Å². The Labute approximate surface area is 165 Å². The van der Waals surface area contributed by atoms with Crippen molar-refractivity contribution < 1.29 is 4.79 Å². The highest BCUT2D eigenvalue weighted by Gasteiger charge is 2.27. The van der Waals surface area contributed by atoms with E-state index in [1.165, 1.54) is 0 Å². The van der Waals surface area contributed by atoms with Gasteiger partial charge in [0, 0.05) is 43.3 Å². The van der Waals surface area contributed by atoms with Crippen LogP contribution in [0.5, 0.6) is 0 Å². The predicted octanol–water partition coefficient (Wildman–Crippen LogP) is 3.11. The van der Waals surface area contributed by atoms with Crippen LogP contribution in [0.4, 0.5) is 0 Å². The molecule has 1 saturated heterocycles. The number of benzene rings is 1. The molecule has 28 heavy (non-hydrogen) atoms. The normalized spacial score (nSPS) is 18.4. The third-order valence-electron chi connectivity index (χ3n) is 5.50. The molecule has 4 rings (SSSR count). The Kier molecular flexibility index (Phi) is 4.89. The third kappa shape index (κ3) is 3.52. The lowest BCUT2D eigenvalue weighted by Gasteiger charge is -2.28. The molecule has 1 amide bonds. The molecule has 3 heterocycles. The van der Waals surface area contributed by atoms with Crippen molar-refractivity contribution >= 4 is 16.8 Å². The maximum absolute atomic E-state index is 13.6. The van der Waals surface area contributed by atoms with Crippen LogP contribution in [0.2, 0.25) is 0 Å². The van der Waals surface area contributed by atoms with Gasteiger partial charge in [0.25, 0.3) is 5.91 Å². The molecule has 0 aliphatic carbocycles. The van der Waals surface area contributed by atoms with Crippen molar-refractivity contribution in [1.29, 1.82) is 0 Å². The van der Waals surface area contributed by atoms with E-state index in [0.29, 0.717) is 0 Å². The molecule has 1 fully saturated rings. The second kappa shape index (κ2) is 7.36. The van der Waals surface area contributed by atoms with Gasteiger partial charge in [-0.3, -0.25) is 9.48 Å². The molecule has 1 aliphatic heterocycles. The number of nitrogens with zero attached hydrogens (tertiary/aromatic N) is 5. The second-order valence-corrected chi connectivity index (χ2v) is 7.94. The molecule has 0 spiro atoms. The number of carbonyl (C=O) groups excluding carboxylic acids is 1. The van der Waals surface area contributed by atoms with Crippen molar-refractivity contribution in [3.63, 3.8) is 0 Å². The maximum atomic E-state index is 13.6. The van der Waals surface area contributed by atoms with Crippen LogP contribution in [0.15, 0.2) is 36.7 Å². The van der Waals surface area contributed by atoms with Crippen LogP contribution in [0.25, 0.3) is 22.2 Å². The Morgan fingerprint density at radius 1 is 1.18 bits per heavy atom. The standard InChI is InChI=1S/C22H27N5O/c1-15-6-7-18-19(22(28)27-9-5-8-25(3)13-16(27)2)11-20(24-21(18)10-15)17-12-23-26(4)14-17/h6-7,10-12,14,16H,5,8-9,13H2,1-4H3/t16-/m1/s1. The van der Waals surface area contributed by atoms with Crippen molar-refractivity contribution in [1.82, 2.24) is 24.6 Å². The third-order valence-corrected chi connectivity index (χ3v) is 5.50. The van der Waals surface area contributed by atoms with Gasteiger partial charge >= 0.3 is 0 Å². The Hall–Kier alpha value is -2.73. The summed E-state index contributed by atoms with van der Waals surface area (Å²) in [7, 11) is 4.01. The molecule has 1 aromatic carbocycles. The minimum atomic E-state index is 0.0872. The molecule has 0 radical (unpaired) electrons. The zero-order chi connectivity index (χ0) is 19.8. The molecular weight excluding hydrogens is 350 g/mol. The number of hydrogen-bond donors (Lipinski definition) is 0. The highest BCUT2D eigenvalue weighted by Crippen LogP contribution is 2.27. The number of rotatable bonds is 2. The van der Waals surface area contributed by atoms with Crippen LogP contribution < -0.4 is 0 Å². The van der Waals surface area contributed by atoms with E-state index in [0.717, 1.165) is 59.3 Å². The highest BCUT2D eigenvalue weighted by molar-refractivity contribution is 6.07. The molecule has 0 N–H and O–H groups in total. The average Bonchev–Trinajstić information content (AvgIpc) is 3.02. The van der Waals surface area contributed by atoms with Gasteiger partial charge in [-0.25, -0.2) is 4.98 Å².